The number of Topliss-reactive ketones (excluding diaryl/α,β-unsaturated/α-hetero) is 1. The van der Waals surface area contributed by atoms with Gasteiger partial charge in [-0.15, -0.1) is 8.78 Å². The summed E-state index contributed by atoms with van der Waals surface area (Å²) in [5.74, 6) is -0.727. The normalized spacial score (nSPS) is 26.7. The molecule has 1 aromatic heterocycles. The number of aryl methyl sites for hydroxylation is 1. The SMILES string of the molecule is Cc1cccnc1C(=O)Cc1ccc(F)c([C@@]2(C)N=C(N)[C@]3(C)CCC[C@H]2S3(=O)=O)c1.O=C(F)F. The molecule has 2 bridgehead atoms. The number of carbonyl (C=O) groups is 2. The fraction of sp³-hybridized carbons (Fsp3) is 0.417. The van der Waals surface area contributed by atoms with Gasteiger partial charge >= 0.3 is 6.29 Å². The maximum atomic E-state index is 15.0. The van der Waals surface area contributed by atoms with E-state index in [-0.39, 0.29) is 23.6 Å². The molecular formula is C24H26F3N3O4S. The summed E-state index contributed by atoms with van der Waals surface area (Å²) in [4.78, 5) is 29.6. The zero-order valence-electron chi connectivity index (χ0n) is 19.5. The number of hydrogen-bond donors (Lipinski definition) is 1. The van der Waals surface area contributed by atoms with Crippen LogP contribution < -0.4 is 5.73 Å². The number of halogens is 3. The van der Waals surface area contributed by atoms with Crippen LogP contribution in [-0.2, 0) is 21.8 Å². The third-order valence-corrected chi connectivity index (χ3v) is 9.97. The van der Waals surface area contributed by atoms with E-state index in [1.54, 1.807) is 32.2 Å². The highest BCUT2D eigenvalue weighted by Gasteiger charge is 2.60. The van der Waals surface area contributed by atoms with Gasteiger partial charge in [0.05, 0.1) is 5.25 Å². The molecule has 1 aromatic carbocycles. The van der Waals surface area contributed by atoms with Crippen LogP contribution in [0.5, 0.6) is 0 Å². The van der Waals surface area contributed by atoms with E-state index < -0.39 is 37.5 Å². The molecule has 0 spiro atoms. The Kier molecular flexibility index (Phi) is 7.21. The summed E-state index contributed by atoms with van der Waals surface area (Å²) in [5, 5.41) is -0.871. The highest BCUT2D eigenvalue weighted by atomic mass is 32.2. The minimum absolute atomic E-state index is 0.0234. The number of ketones is 1. The van der Waals surface area contributed by atoms with E-state index in [0.717, 1.165) is 5.56 Å². The Labute approximate surface area is 201 Å². The molecule has 188 valence electrons. The van der Waals surface area contributed by atoms with Gasteiger partial charge in [-0.1, -0.05) is 18.6 Å². The van der Waals surface area contributed by atoms with Crippen molar-refractivity contribution < 1.29 is 31.2 Å². The van der Waals surface area contributed by atoms with Crippen LogP contribution in [0, 0.1) is 12.7 Å². The summed E-state index contributed by atoms with van der Waals surface area (Å²) in [5.41, 5.74) is 6.65. The molecule has 2 aromatic rings. The quantitative estimate of drug-likeness (QED) is 0.484. The van der Waals surface area contributed by atoms with Gasteiger partial charge in [-0.25, -0.2) is 17.6 Å². The standard InChI is InChI=1S/C23H26FN3O3S.CF2O/c1-14-6-5-11-26-20(14)18(28)13-15-8-9-17(24)16(12-15)23(3)19-7-4-10-22(2,21(25)27-23)31(19,29)30;2-1(3)4/h5-6,8-9,11-12,19H,4,7,10,13H2,1-3H3,(H2,25,27);/t19-,22+,23-;/m1./s1. The number of pyridine rings is 1. The summed E-state index contributed by atoms with van der Waals surface area (Å²) in [7, 11) is -3.67. The van der Waals surface area contributed by atoms with Gasteiger partial charge in [0.25, 0.3) is 0 Å². The Morgan fingerprint density at radius 1 is 1.20 bits per heavy atom. The highest BCUT2D eigenvalue weighted by molar-refractivity contribution is 7.94. The third-order valence-electron chi connectivity index (χ3n) is 6.86. The number of nitrogens with zero attached hydrogens (tertiary/aromatic N) is 2. The Morgan fingerprint density at radius 3 is 2.49 bits per heavy atom. The molecule has 2 N–H and O–H groups in total. The molecule has 35 heavy (non-hydrogen) atoms. The van der Waals surface area contributed by atoms with Crippen molar-refractivity contribution in [2.24, 2.45) is 10.7 Å². The first-order valence-corrected chi connectivity index (χ1v) is 12.5. The number of amidine groups is 1. The molecule has 1 fully saturated rings. The van der Waals surface area contributed by atoms with E-state index >= 15 is 4.39 Å². The van der Waals surface area contributed by atoms with Crippen molar-refractivity contribution >= 4 is 27.7 Å². The fourth-order valence-electron chi connectivity index (χ4n) is 4.88. The molecule has 1 saturated heterocycles. The molecule has 0 radical (unpaired) electrons. The van der Waals surface area contributed by atoms with E-state index in [0.29, 0.717) is 30.5 Å². The lowest BCUT2D eigenvalue weighted by Gasteiger charge is -2.48. The van der Waals surface area contributed by atoms with E-state index in [2.05, 4.69) is 9.98 Å². The van der Waals surface area contributed by atoms with Crippen molar-refractivity contribution in [1.29, 1.82) is 0 Å². The van der Waals surface area contributed by atoms with Crippen molar-refractivity contribution in [2.45, 2.75) is 62.0 Å². The smallest absolute Gasteiger partial charge is 0.386 e. The lowest BCUT2D eigenvalue weighted by molar-refractivity contribution is 0.0987. The average molecular weight is 510 g/mol. The van der Waals surface area contributed by atoms with Gasteiger partial charge in [-0.3, -0.25) is 14.8 Å². The topological polar surface area (TPSA) is 120 Å². The molecular weight excluding hydrogens is 483 g/mol. The summed E-state index contributed by atoms with van der Waals surface area (Å²) in [6.45, 7) is 5.04. The van der Waals surface area contributed by atoms with Crippen molar-refractivity contribution in [3.8, 4) is 0 Å². The van der Waals surface area contributed by atoms with Gasteiger partial charge in [-0.05, 0) is 62.9 Å². The van der Waals surface area contributed by atoms with Crippen LogP contribution in [0.3, 0.4) is 0 Å². The van der Waals surface area contributed by atoms with E-state index in [1.807, 2.05) is 13.0 Å². The van der Waals surface area contributed by atoms with Crippen LogP contribution >= 0.6 is 0 Å². The molecule has 3 heterocycles. The monoisotopic (exact) mass is 509 g/mol. The van der Waals surface area contributed by atoms with Crippen LogP contribution in [0.2, 0.25) is 0 Å². The average Bonchev–Trinajstić information content (AvgIpc) is 2.75. The molecule has 0 aliphatic carbocycles. The molecule has 0 saturated carbocycles. The Bertz CT molecular complexity index is 1310. The van der Waals surface area contributed by atoms with Gasteiger partial charge in [0.2, 0.25) is 0 Å². The Morgan fingerprint density at radius 2 is 1.86 bits per heavy atom. The van der Waals surface area contributed by atoms with Gasteiger partial charge in [0.1, 0.15) is 27.6 Å². The van der Waals surface area contributed by atoms with Crippen LogP contribution in [-0.4, -0.2) is 41.3 Å². The zero-order valence-corrected chi connectivity index (χ0v) is 20.3. The van der Waals surface area contributed by atoms with E-state index in [9.17, 15) is 22.0 Å². The largest absolute Gasteiger partial charge is 0.483 e. The predicted octanol–water partition coefficient (Wildman–Crippen LogP) is 4.31. The zero-order chi connectivity index (χ0) is 26.2. The van der Waals surface area contributed by atoms with Gasteiger partial charge in [-0.2, -0.15) is 0 Å². The first-order valence-electron chi connectivity index (χ1n) is 10.9. The summed E-state index contributed by atoms with van der Waals surface area (Å²) < 4.78 is 59.9. The van der Waals surface area contributed by atoms with Gasteiger partial charge < -0.3 is 5.73 Å². The van der Waals surface area contributed by atoms with Crippen molar-refractivity contribution in [1.82, 2.24) is 4.98 Å². The maximum absolute atomic E-state index is 15.0. The number of aliphatic imine (C=N–C) groups is 1. The van der Waals surface area contributed by atoms with Gasteiger partial charge in [0.15, 0.2) is 15.6 Å². The molecule has 7 nitrogen and oxygen atoms in total. The maximum Gasteiger partial charge on any atom is 0.483 e. The minimum atomic E-state index is -3.67. The summed E-state index contributed by atoms with van der Waals surface area (Å²) in [6.07, 6.45) is 0.223. The Hall–Kier alpha value is -3.08. The first kappa shape index (κ1) is 26.5. The molecule has 3 atom stereocenters. The molecule has 0 amide bonds. The van der Waals surface area contributed by atoms with Crippen LogP contribution in [0.4, 0.5) is 18.0 Å². The molecule has 2 aliphatic heterocycles. The molecule has 0 unspecified atom stereocenters. The minimum Gasteiger partial charge on any atom is -0.386 e. The number of nitrogens with two attached hydrogens (primary N) is 1. The number of carbonyl (C=O) groups excluding carboxylic acids is 2. The number of rotatable bonds is 4. The van der Waals surface area contributed by atoms with Crippen LogP contribution in [0.15, 0.2) is 41.5 Å². The lowest BCUT2D eigenvalue weighted by Crippen LogP contribution is -2.63. The first-order chi connectivity index (χ1) is 16.2. The third kappa shape index (κ3) is 4.73. The van der Waals surface area contributed by atoms with Crippen LogP contribution in [0.1, 0.15) is 60.3 Å². The molecule has 11 heteroatoms. The predicted molar refractivity (Wildman–Crippen MR) is 125 cm³/mol. The van der Waals surface area contributed by atoms with E-state index in [1.165, 1.54) is 12.1 Å². The number of aromatic nitrogens is 1. The number of hydrogen-bond acceptors (Lipinski definition) is 7. The summed E-state index contributed by atoms with van der Waals surface area (Å²) >= 11 is 0. The molecule has 2 aliphatic rings. The molecule has 4 rings (SSSR count). The number of benzene rings is 1. The summed E-state index contributed by atoms with van der Waals surface area (Å²) in [6, 6.07) is 7.92. The Balaban J connectivity index is 0.000000795. The second kappa shape index (κ2) is 9.52. The number of fused-ring (bicyclic) bond motifs is 2. The van der Waals surface area contributed by atoms with Gasteiger partial charge in [0, 0.05) is 18.2 Å². The second-order valence-corrected chi connectivity index (χ2v) is 11.7. The highest BCUT2D eigenvalue weighted by Crippen LogP contribution is 2.49. The van der Waals surface area contributed by atoms with Crippen LogP contribution in [0.25, 0.3) is 0 Å². The van der Waals surface area contributed by atoms with Crippen molar-refractivity contribution in [3.05, 3.63) is 64.7 Å². The number of sulfone groups is 1. The van der Waals surface area contributed by atoms with E-state index in [4.69, 9.17) is 10.5 Å². The van der Waals surface area contributed by atoms with Crippen molar-refractivity contribution in [3.63, 3.8) is 0 Å². The second-order valence-electron chi connectivity index (χ2n) is 9.11. The lowest BCUT2D eigenvalue weighted by atomic mass is 9.82. The van der Waals surface area contributed by atoms with Crippen molar-refractivity contribution in [2.75, 3.05) is 0 Å². The fourth-order valence-corrected chi connectivity index (χ4v) is 7.54.